The second kappa shape index (κ2) is 11.1. The van der Waals surface area contributed by atoms with Gasteiger partial charge in [-0.15, -0.1) is 0 Å². The van der Waals surface area contributed by atoms with Gasteiger partial charge in [0.2, 0.25) is 5.91 Å². The molecular weight excluding hydrogens is 248 g/mol. The van der Waals surface area contributed by atoms with E-state index in [0.717, 1.165) is 13.1 Å². The summed E-state index contributed by atoms with van der Waals surface area (Å²) in [7, 11) is 0. The average molecular weight is 282 g/mol. The standard InChI is InChI=1S/C17H34N2O/c1-3-5-6-7-8-9-10-11-14-18-15-17(20)19(4-2)16-12-13-16/h16,18H,3-15H2,1-2H3. The molecule has 0 aromatic carbocycles. The van der Waals surface area contributed by atoms with Gasteiger partial charge in [-0.3, -0.25) is 4.79 Å². The fourth-order valence-electron chi connectivity index (χ4n) is 2.71. The quantitative estimate of drug-likeness (QED) is 0.522. The summed E-state index contributed by atoms with van der Waals surface area (Å²) in [5.74, 6) is 0.287. The third-order valence-electron chi connectivity index (χ3n) is 4.13. The third kappa shape index (κ3) is 7.88. The van der Waals surface area contributed by atoms with Crippen LogP contribution in [-0.4, -0.2) is 36.5 Å². The van der Waals surface area contributed by atoms with Crippen LogP contribution < -0.4 is 5.32 Å². The highest BCUT2D eigenvalue weighted by atomic mass is 16.2. The van der Waals surface area contributed by atoms with Crippen LogP contribution >= 0.6 is 0 Å². The molecule has 1 saturated carbocycles. The maximum atomic E-state index is 12.0. The molecule has 0 heterocycles. The molecule has 0 atom stereocenters. The van der Waals surface area contributed by atoms with Gasteiger partial charge in [-0.1, -0.05) is 51.9 Å². The Labute approximate surface area is 125 Å². The normalized spacial score (nSPS) is 14.5. The van der Waals surface area contributed by atoms with E-state index in [4.69, 9.17) is 0 Å². The summed E-state index contributed by atoms with van der Waals surface area (Å²) in [4.78, 5) is 14.0. The number of rotatable bonds is 13. The molecule has 0 radical (unpaired) electrons. The smallest absolute Gasteiger partial charge is 0.236 e. The average Bonchev–Trinajstić information content (AvgIpc) is 3.26. The second-order valence-corrected chi connectivity index (χ2v) is 6.06. The lowest BCUT2D eigenvalue weighted by Gasteiger charge is -2.20. The molecule has 1 fully saturated rings. The largest absolute Gasteiger partial charge is 0.339 e. The number of hydrogen-bond donors (Lipinski definition) is 1. The van der Waals surface area contributed by atoms with Crippen molar-refractivity contribution in [2.45, 2.75) is 84.1 Å². The lowest BCUT2D eigenvalue weighted by Crippen LogP contribution is -2.39. The Hall–Kier alpha value is -0.570. The van der Waals surface area contributed by atoms with E-state index >= 15 is 0 Å². The van der Waals surface area contributed by atoms with Crippen molar-refractivity contribution in [3.63, 3.8) is 0 Å². The molecule has 20 heavy (non-hydrogen) atoms. The minimum Gasteiger partial charge on any atom is -0.339 e. The van der Waals surface area contributed by atoms with Crippen molar-refractivity contribution in [3.05, 3.63) is 0 Å². The Bertz CT molecular complexity index is 251. The van der Waals surface area contributed by atoms with E-state index in [2.05, 4.69) is 19.2 Å². The van der Waals surface area contributed by atoms with Crippen molar-refractivity contribution in [1.82, 2.24) is 10.2 Å². The molecule has 1 aliphatic rings. The van der Waals surface area contributed by atoms with Gasteiger partial charge in [0, 0.05) is 12.6 Å². The molecule has 0 bridgehead atoms. The summed E-state index contributed by atoms with van der Waals surface area (Å²) in [6.45, 7) is 6.72. The number of amides is 1. The maximum Gasteiger partial charge on any atom is 0.236 e. The SMILES string of the molecule is CCCCCCCCCCNCC(=O)N(CC)C1CC1. The van der Waals surface area contributed by atoms with Crippen molar-refractivity contribution < 1.29 is 4.79 Å². The van der Waals surface area contributed by atoms with E-state index in [1.807, 2.05) is 4.90 Å². The van der Waals surface area contributed by atoms with Gasteiger partial charge in [-0.05, 0) is 32.7 Å². The number of carbonyl (C=O) groups excluding carboxylic acids is 1. The predicted molar refractivity (Wildman–Crippen MR) is 85.9 cm³/mol. The first-order valence-corrected chi connectivity index (χ1v) is 8.79. The van der Waals surface area contributed by atoms with Crippen LogP contribution in [0.3, 0.4) is 0 Å². The van der Waals surface area contributed by atoms with E-state index in [1.54, 1.807) is 0 Å². The van der Waals surface area contributed by atoms with Crippen molar-refractivity contribution in [3.8, 4) is 0 Å². The van der Waals surface area contributed by atoms with E-state index in [0.29, 0.717) is 12.6 Å². The summed E-state index contributed by atoms with van der Waals surface area (Å²) in [6, 6.07) is 0.553. The highest BCUT2D eigenvalue weighted by Gasteiger charge is 2.30. The lowest BCUT2D eigenvalue weighted by molar-refractivity contribution is -0.130. The van der Waals surface area contributed by atoms with Gasteiger partial charge >= 0.3 is 0 Å². The molecule has 1 rings (SSSR count). The molecule has 0 aromatic heterocycles. The molecule has 1 aliphatic carbocycles. The van der Waals surface area contributed by atoms with Gasteiger partial charge in [0.15, 0.2) is 0 Å². The number of likely N-dealkylation sites (N-methyl/N-ethyl adjacent to an activating group) is 1. The van der Waals surface area contributed by atoms with Gasteiger partial charge < -0.3 is 10.2 Å². The van der Waals surface area contributed by atoms with E-state index in [-0.39, 0.29) is 5.91 Å². The Morgan fingerprint density at radius 2 is 1.60 bits per heavy atom. The summed E-state index contributed by atoms with van der Waals surface area (Å²) in [6.07, 6.45) is 13.2. The van der Waals surface area contributed by atoms with Crippen molar-refractivity contribution in [2.75, 3.05) is 19.6 Å². The minimum atomic E-state index is 0.287. The van der Waals surface area contributed by atoms with Crippen LogP contribution in [0.4, 0.5) is 0 Å². The monoisotopic (exact) mass is 282 g/mol. The zero-order valence-corrected chi connectivity index (χ0v) is 13.6. The molecule has 0 aliphatic heterocycles. The van der Waals surface area contributed by atoms with Crippen molar-refractivity contribution >= 4 is 5.91 Å². The van der Waals surface area contributed by atoms with E-state index in [1.165, 1.54) is 64.2 Å². The molecule has 0 unspecified atom stereocenters. The maximum absolute atomic E-state index is 12.0. The van der Waals surface area contributed by atoms with Crippen LogP contribution in [0.2, 0.25) is 0 Å². The molecule has 3 heteroatoms. The van der Waals surface area contributed by atoms with Crippen molar-refractivity contribution in [1.29, 1.82) is 0 Å². The second-order valence-electron chi connectivity index (χ2n) is 6.06. The van der Waals surface area contributed by atoms with E-state index in [9.17, 15) is 4.79 Å². The minimum absolute atomic E-state index is 0.287. The number of nitrogens with zero attached hydrogens (tertiary/aromatic N) is 1. The summed E-state index contributed by atoms with van der Waals surface area (Å²) >= 11 is 0. The molecule has 3 nitrogen and oxygen atoms in total. The van der Waals surface area contributed by atoms with Crippen LogP contribution in [0.15, 0.2) is 0 Å². The summed E-state index contributed by atoms with van der Waals surface area (Å²) < 4.78 is 0. The van der Waals surface area contributed by atoms with Crippen LogP contribution in [0.1, 0.15) is 78.1 Å². The number of hydrogen-bond acceptors (Lipinski definition) is 2. The van der Waals surface area contributed by atoms with Crippen LogP contribution in [0, 0.1) is 0 Å². The first kappa shape index (κ1) is 17.5. The highest BCUT2D eigenvalue weighted by molar-refractivity contribution is 5.78. The van der Waals surface area contributed by atoms with Crippen LogP contribution in [0.25, 0.3) is 0 Å². The first-order chi connectivity index (χ1) is 9.79. The molecule has 118 valence electrons. The predicted octanol–water partition coefficient (Wildman–Crippen LogP) is 3.73. The zero-order valence-electron chi connectivity index (χ0n) is 13.6. The summed E-state index contributed by atoms with van der Waals surface area (Å²) in [5.41, 5.74) is 0. The number of carbonyl (C=O) groups is 1. The molecule has 1 amide bonds. The topological polar surface area (TPSA) is 32.3 Å². The molecule has 0 saturated heterocycles. The number of unbranched alkanes of at least 4 members (excludes halogenated alkanes) is 7. The fraction of sp³-hybridized carbons (Fsp3) is 0.941. The molecule has 0 spiro atoms. The van der Waals surface area contributed by atoms with Crippen LogP contribution in [0.5, 0.6) is 0 Å². The van der Waals surface area contributed by atoms with Gasteiger partial charge in [0.25, 0.3) is 0 Å². The first-order valence-electron chi connectivity index (χ1n) is 8.79. The Balaban J connectivity index is 1.85. The van der Waals surface area contributed by atoms with Gasteiger partial charge in [-0.25, -0.2) is 0 Å². The highest BCUT2D eigenvalue weighted by Crippen LogP contribution is 2.26. The lowest BCUT2D eigenvalue weighted by atomic mass is 10.1. The Morgan fingerprint density at radius 3 is 2.15 bits per heavy atom. The zero-order chi connectivity index (χ0) is 14.6. The number of nitrogens with one attached hydrogen (secondary N) is 1. The molecular formula is C17H34N2O. The fourth-order valence-corrected chi connectivity index (χ4v) is 2.71. The summed E-state index contributed by atoms with van der Waals surface area (Å²) in [5, 5.41) is 3.30. The Morgan fingerprint density at radius 1 is 1.00 bits per heavy atom. The third-order valence-corrected chi connectivity index (χ3v) is 4.13. The van der Waals surface area contributed by atoms with Gasteiger partial charge in [-0.2, -0.15) is 0 Å². The van der Waals surface area contributed by atoms with Crippen molar-refractivity contribution in [2.24, 2.45) is 0 Å². The molecule has 1 N–H and O–H groups in total. The van der Waals surface area contributed by atoms with Gasteiger partial charge in [0.1, 0.15) is 0 Å². The van der Waals surface area contributed by atoms with Crippen LogP contribution in [-0.2, 0) is 4.79 Å². The molecule has 0 aromatic rings. The van der Waals surface area contributed by atoms with E-state index < -0.39 is 0 Å². The Kier molecular flexibility index (Phi) is 9.73. The van der Waals surface area contributed by atoms with Gasteiger partial charge in [0.05, 0.1) is 6.54 Å².